The fraction of sp³-hybridized carbons (Fsp3) is 0.462. The largest absolute Gasteiger partial charge is 0.493 e. The van der Waals surface area contributed by atoms with Crippen LogP contribution in [-0.4, -0.2) is 12.9 Å². The average molecular weight is 285 g/mol. The summed E-state index contributed by atoms with van der Waals surface area (Å²) in [4.78, 5) is 10.8. The summed E-state index contributed by atoms with van der Waals surface area (Å²) in [6, 6.07) is 5.45. The van der Waals surface area contributed by atoms with E-state index in [4.69, 9.17) is 4.74 Å². The molecule has 2 nitrogen and oxygen atoms in total. The molecule has 0 unspecified atom stereocenters. The van der Waals surface area contributed by atoms with Gasteiger partial charge in [0.15, 0.2) is 6.29 Å². The lowest BCUT2D eigenvalue weighted by Gasteiger charge is -2.18. The highest BCUT2D eigenvalue weighted by molar-refractivity contribution is 9.10. The maximum absolute atomic E-state index is 10.8. The summed E-state index contributed by atoms with van der Waals surface area (Å²) in [7, 11) is 0. The minimum Gasteiger partial charge on any atom is -0.493 e. The molecule has 1 rings (SSSR count). The Morgan fingerprint density at radius 2 is 2.06 bits per heavy atom. The second-order valence-electron chi connectivity index (χ2n) is 4.96. The number of benzene rings is 1. The smallest absolute Gasteiger partial charge is 0.153 e. The zero-order valence-electron chi connectivity index (χ0n) is 9.92. The molecule has 1 aromatic rings. The van der Waals surface area contributed by atoms with Crippen LogP contribution in [0.1, 0.15) is 37.6 Å². The molecule has 0 heterocycles. The van der Waals surface area contributed by atoms with E-state index >= 15 is 0 Å². The molecule has 0 aliphatic rings. The molecule has 1 aromatic carbocycles. The van der Waals surface area contributed by atoms with Crippen LogP contribution in [0.3, 0.4) is 0 Å². The fourth-order valence-electron chi connectivity index (χ4n) is 1.21. The summed E-state index contributed by atoms with van der Waals surface area (Å²) in [6.45, 7) is 7.13. The van der Waals surface area contributed by atoms with Gasteiger partial charge in [-0.25, -0.2) is 0 Å². The molecule has 0 amide bonds. The number of carbonyl (C=O) groups is 1. The molecule has 0 saturated heterocycles. The highest BCUT2D eigenvalue weighted by Crippen LogP contribution is 2.23. The van der Waals surface area contributed by atoms with Crippen molar-refractivity contribution in [2.45, 2.75) is 27.2 Å². The fourth-order valence-corrected chi connectivity index (χ4v) is 1.59. The van der Waals surface area contributed by atoms with E-state index in [1.807, 2.05) is 12.1 Å². The van der Waals surface area contributed by atoms with Gasteiger partial charge in [0.1, 0.15) is 5.75 Å². The van der Waals surface area contributed by atoms with Crippen LogP contribution in [0.15, 0.2) is 22.7 Å². The van der Waals surface area contributed by atoms with E-state index in [2.05, 4.69) is 36.7 Å². The molecule has 0 fully saturated rings. The maximum atomic E-state index is 10.8. The molecule has 0 aliphatic carbocycles. The number of hydrogen-bond donors (Lipinski definition) is 0. The van der Waals surface area contributed by atoms with Gasteiger partial charge in [-0.15, -0.1) is 0 Å². The molecule has 0 bridgehead atoms. The minimum atomic E-state index is 0.247. The second-order valence-corrected chi connectivity index (χ2v) is 5.87. The van der Waals surface area contributed by atoms with E-state index in [0.29, 0.717) is 17.9 Å². The molecular formula is C13H17BrO2. The standard InChI is InChI=1S/C13H17BrO2/c1-13(2,3)6-7-16-12-5-4-11(14)8-10(12)9-15/h4-5,8-9H,6-7H2,1-3H3. The Bertz CT molecular complexity index is 367. The summed E-state index contributed by atoms with van der Waals surface area (Å²) in [5.41, 5.74) is 0.833. The van der Waals surface area contributed by atoms with Crippen LogP contribution in [-0.2, 0) is 0 Å². The van der Waals surface area contributed by atoms with E-state index in [1.165, 1.54) is 0 Å². The first-order valence-corrected chi connectivity index (χ1v) is 6.09. The van der Waals surface area contributed by atoms with Crippen molar-refractivity contribution in [3.8, 4) is 5.75 Å². The summed E-state index contributed by atoms with van der Waals surface area (Å²) in [5.74, 6) is 0.655. The Morgan fingerprint density at radius 1 is 1.38 bits per heavy atom. The van der Waals surface area contributed by atoms with Gasteiger partial charge in [0.25, 0.3) is 0 Å². The van der Waals surface area contributed by atoms with Crippen LogP contribution in [0.5, 0.6) is 5.75 Å². The number of ether oxygens (including phenoxy) is 1. The molecule has 88 valence electrons. The van der Waals surface area contributed by atoms with Crippen LogP contribution in [0.2, 0.25) is 0 Å². The van der Waals surface area contributed by atoms with E-state index < -0.39 is 0 Å². The third-order valence-corrected chi connectivity index (χ3v) is 2.70. The third kappa shape index (κ3) is 4.35. The van der Waals surface area contributed by atoms with Crippen LogP contribution < -0.4 is 4.74 Å². The van der Waals surface area contributed by atoms with Crippen molar-refractivity contribution in [1.82, 2.24) is 0 Å². The van der Waals surface area contributed by atoms with Crippen molar-refractivity contribution in [2.24, 2.45) is 5.41 Å². The highest BCUT2D eigenvalue weighted by atomic mass is 79.9. The lowest BCUT2D eigenvalue weighted by Crippen LogP contribution is -2.11. The molecule has 0 spiro atoms. The Kier molecular flexibility index (Phi) is 4.54. The Balaban J connectivity index is 2.63. The van der Waals surface area contributed by atoms with Crippen molar-refractivity contribution in [3.05, 3.63) is 28.2 Å². The third-order valence-electron chi connectivity index (χ3n) is 2.21. The SMILES string of the molecule is CC(C)(C)CCOc1ccc(Br)cc1C=O. The number of carbonyl (C=O) groups excluding carboxylic acids is 1. The van der Waals surface area contributed by atoms with Crippen LogP contribution in [0, 0.1) is 5.41 Å². The quantitative estimate of drug-likeness (QED) is 0.779. The molecule has 3 heteroatoms. The van der Waals surface area contributed by atoms with Gasteiger partial charge in [0.05, 0.1) is 12.2 Å². The minimum absolute atomic E-state index is 0.247. The summed E-state index contributed by atoms with van der Waals surface area (Å²) < 4.78 is 6.49. The molecule has 0 atom stereocenters. The normalized spacial score (nSPS) is 11.2. The van der Waals surface area contributed by atoms with Gasteiger partial charge < -0.3 is 4.74 Å². The zero-order chi connectivity index (χ0) is 12.2. The Labute approximate surface area is 105 Å². The molecule has 0 aromatic heterocycles. The first kappa shape index (κ1) is 13.2. The average Bonchev–Trinajstić information content (AvgIpc) is 2.18. The number of aldehydes is 1. The van der Waals surface area contributed by atoms with Gasteiger partial charge in [-0.3, -0.25) is 4.79 Å². The Hall–Kier alpha value is -0.830. The highest BCUT2D eigenvalue weighted by Gasteiger charge is 2.11. The van der Waals surface area contributed by atoms with Gasteiger partial charge in [-0.1, -0.05) is 36.7 Å². The number of hydrogen-bond acceptors (Lipinski definition) is 2. The van der Waals surface area contributed by atoms with Crippen LogP contribution in [0.25, 0.3) is 0 Å². The molecule has 0 saturated carbocycles. The van der Waals surface area contributed by atoms with Gasteiger partial charge in [0.2, 0.25) is 0 Å². The Morgan fingerprint density at radius 3 is 2.62 bits per heavy atom. The molecule has 0 N–H and O–H groups in total. The van der Waals surface area contributed by atoms with Crippen LogP contribution in [0.4, 0.5) is 0 Å². The van der Waals surface area contributed by atoms with E-state index in [0.717, 1.165) is 17.2 Å². The molecule has 16 heavy (non-hydrogen) atoms. The van der Waals surface area contributed by atoms with Crippen molar-refractivity contribution in [2.75, 3.05) is 6.61 Å². The predicted octanol–water partition coefficient (Wildman–Crippen LogP) is 4.08. The zero-order valence-corrected chi connectivity index (χ0v) is 11.5. The summed E-state index contributed by atoms with van der Waals surface area (Å²) in [5, 5.41) is 0. The molecular weight excluding hydrogens is 268 g/mol. The summed E-state index contributed by atoms with van der Waals surface area (Å²) >= 11 is 3.32. The van der Waals surface area contributed by atoms with Crippen molar-refractivity contribution < 1.29 is 9.53 Å². The van der Waals surface area contributed by atoms with Crippen LogP contribution >= 0.6 is 15.9 Å². The maximum Gasteiger partial charge on any atom is 0.153 e. The van der Waals surface area contributed by atoms with E-state index in [-0.39, 0.29) is 5.41 Å². The van der Waals surface area contributed by atoms with Gasteiger partial charge in [0, 0.05) is 4.47 Å². The monoisotopic (exact) mass is 284 g/mol. The number of halogens is 1. The van der Waals surface area contributed by atoms with Crippen molar-refractivity contribution in [3.63, 3.8) is 0 Å². The second kappa shape index (κ2) is 5.48. The topological polar surface area (TPSA) is 26.3 Å². The van der Waals surface area contributed by atoms with E-state index in [1.54, 1.807) is 6.07 Å². The van der Waals surface area contributed by atoms with Gasteiger partial charge >= 0.3 is 0 Å². The predicted molar refractivity (Wildman–Crippen MR) is 69.1 cm³/mol. The van der Waals surface area contributed by atoms with Crippen molar-refractivity contribution in [1.29, 1.82) is 0 Å². The molecule has 0 aliphatic heterocycles. The van der Waals surface area contributed by atoms with Gasteiger partial charge in [-0.2, -0.15) is 0 Å². The van der Waals surface area contributed by atoms with Crippen molar-refractivity contribution >= 4 is 22.2 Å². The van der Waals surface area contributed by atoms with E-state index in [9.17, 15) is 4.79 Å². The lowest BCUT2D eigenvalue weighted by atomic mass is 9.93. The first-order chi connectivity index (χ1) is 7.42. The number of rotatable bonds is 4. The lowest BCUT2D eigenvalue weighted by molar-refractivity contribution is 0.111. The van der Waals surface area contributed by atoms with Gasteiger partial charge in [-0.05, 0) is 30.0 Å². The summed E-state index contributed by atoms with van der Waals surface area (Å²) in [6.07, 6.45) is 1.78. The first-order valence-electron chi connectivity index (χ1n) is 5.30. The molecule has 0 radical (unpaired) electrons.